The molecule has 0 aromatic carbocycles. The molecular weight excluding hydrogens is 210 g/mol. The van der Waals surface area contributed by atoms with Gasteiger partial charge in [-0.05, 0) is 6.07 Å². The second-order valence-corrected chi connectivity index (χ2v) is 3.73. The molecule has 1 aromatic heterocycles. The monoisotopic (exact) mass is 219 g/mol. The first-order valence-electron chi connectivity index (χ1n) is 3.75. The lowest BCUT2D eigenvalue weighted by Gasteiger charge is -2.00. The van der Waals surface area contributed by atoms with Gasteiger partial charge in [0.2, 0.25) is 0 Å². The van der Waals surface area contributed by atoms with E-state index in [1.807, 2.05) is 0 Å². The molecule has 0 aliphatic heterocycles. The maximum Gasteiger partial charge on any atom is 0.261 e. The summed E-state index contributed by atoms with van der Waals surface area (Å²) < 4.78 is 4.80. The number of rotatable bonds is 4. The van der Waals surface area contributed by atoms with Crippen LogP contribution in [0.1, 0.15) is 9.67 Å². The molecule has 72 valence electrons. The molecule has 0 aliphatic carbocycles. The predicted octanol–water partition coefficient (Wildman–Crippen LogP) is 1.78. The SMILES string of the molecule is COCCNC(=O)c1cc(Cl)cs1. The molecule has 0 spiro atoms. The van der Waals surface area contributed by atoms with Gasteiger partial charge in [0.1, 0.15) is 0 Å². The van der Waals surface area contributed by atoms with Crippen LogP contribution in [0.5, 0.6) is 0 Å². The van der Waals surface area contributed by atoms with E-state index in [1.54, 1.807) is 18.6 Å². The molecule has 1 rings (SSSR count). The maximum atomic E-state index is 11.3. The van der Waals surface area contributed by atoms with Crippen molar-refractivity contribution in [2.24, 2.45) is 0 Å². The number of ether oxygens (including phenoxy) is 1. The molecule has 13 heavy (non-hydrogen) atoms. The maximum absolute atomic E-state index is 11.3. The second-order valence-electron chi connectivity index (χ2n) is 2.38. The van der Waals surface area contributed by atoms with Crippen molar-refractivity contribution in [3.05, 3.63) is 21.3 Å². The Hall–Kier alpha value is -0.580. The van der Waals surface area contributed by atoms with Crippen LogP contribution in [0, 0.1) is 0 Å². The molecule has 0 aliphatic rings. The van der Waals surface area contributed by atoms with E-state index in [1.165, 1.54) is 11.3 Å². The fraction of sp³-hybridized carbons (Fsp3) is 0.375. The minimum atomic E-state index is -0.103. The van der Waals surface area contributed by atoms with Crippen molar-refractivity contribution in [2.45, 2.75) is 0 Å². The summed E-state index contributed by atoms with van der Waals surface area (Å²) in [6.45, 7) is 1.04. The van der Waals surface area contributed by atoms with E-state index >= 15 is 0 Å². The number of carbonyl (C=O) groups is 1. The van der Waals surface area contributed by atoms with Crippen LogP contribution >= 0.6 is 22.9 Å². The third kappa shape index (κ3) is 3.34. The van der Waals surface area contributed by atoms with E-state index in [4.69, 9.17) is 16.3 Å². The standard InChI is InChI=1S/C8H10ClNO2S/c1-12-3-2-10-8(11)7-4-6(9)5-13-7/h4-5H,2-3H2,1H3,(H,10,11). The topological polar surface area (TPSA) is 38.3 Å². The van der Waals surface area contributed by atoms with Crippen LogP contribution in [0.15, 0.2) is 11.4 Å². The Balaban J connectivity index is 2.40. The highest BCUT2D eigenvalue weighted by atomic mass is 35.5. The summed E-state index contributed by atoms with van der Waals surface area (Å²) in [7, 11) is 1.59. The average Bonchev–Trinajstić information content (AvgIpc) is 2.52. The molecule has 0 bridgehead atoms. The van der Waals surface area contributed by atoms with Gasteiger partial charge in [0.25, 0.3) is 5.91 Å². The summed E-state index contributed by atoms with van der Waals surface area (Å²) in [5.74, 6) is -0.103. The quantitative estimate of drug-likeness (QED) is 0.784. The summed E-state index contributed by atoms with van der Waals surface area (Å²) in [5, 5.41) is 5.03. The van der Waals surface area contributed by atoms with Gasteiger partial charge in [-0.1, -0.05) is 11.6 Å². The molecule has 0 atom stereocenters. The van der Waals surface area contributed by atoms with E-state index in [-0.39, 0.29) is 5.91 Å². The van der Waals surface area contributed by atoms with Crippen molar-refractivity contribution in [2.75, 3.05) is 20.3 Å². The zero-order valence-corrected chi connectivity index (χ0v) is 8.74. The number of hydrogen-bond acceptors (Lipinski definition) is 3. The van der Waals surface area contributed by atoms with Gasteiger partial charge in [0, 0.05) is 19.0 Å². The first-order valence-corrected chi connectivity index (χ1v) is 5.01. The molecule has 1 heterocycles. The van der Waals surface area contributed by atoms with Gasteiger partial charge in [0.15, 0.2) is 0 Å². The zero-order chi connectivity index (χ0) is 9.68. The van der Waals surface area contributed by atoms with Gasteiger partial charge in [0.05, 0.1) is 16.5 Å². The number of methoxy groups -OCH3 is 1. The molecule has 5 heteroatoms. The number of thiophene rings is 1. The lowest BCUT2D eigenvalue weighted by molar-refractivity contribution is 0.0941. The van der Waals surface area contributed by atoms with E-state index in [2.05, 4.69) is 5.32 Å². The van der Waals surface area contributed by atoms with Gasteiger partial charge in [-0.25, -0.2) is 0 Å². The highest BCUT2D eigenvalue weighted by Gasteiger charge is 2.06. The number of hydrogen-bond donors (Lipinski definition) is 1. The summed E-state index contributed by atoms with van der Waals surface area (Å²) >= 11 is 7.00. The molecule has 0 unspecified atom stereocenters. The Morgan fingerprint density at radius 2 is 2.54 bits per heavy atom. The van der Waals surface area contributed by atoms with Crippen molar-refractivity contribution < 1.29 is 9.53 Å². The van der Waals surface area contributed by atoms with Gasteiger partial charge in [-0.2, -0.15) is 0 Å². The van der Waals surface area contributed by atoms with Crippen molar-refractivity contribution >= 4 is 28.8 Å². The van der Waals surface area contributed by atoms with Gasteiger partial charge in [-0.15, -0.1) is 11.3 Å². The Kier molecular flexibility index (Phi) is 4.21. The highest BCUT2D eigenvalue weighted by molar-refractivity contribution is 7.12. The minimum Gasteiger partial charge on any atom is -0.383 e. The van der Waals surface area contributed by atoms with Crippen LogP contribution < -0.4 is 5.32 Å². The van der Waals surface area contributed by atoms with Crippen LogP contribution in [-0.4, -0.2) is 26.2 Å². The van der Waals surface area contributed by atoms with Crippen LogP contribution in [0.4, 0.5) is 0 Å². The first kappa shape index (κ1) is 10.5. The molecule has 0 saturated carbocycles. The molecule has 0 fully saturated rings. The van der Waals surface area contributed by atoms with Crippen LogP contribution in [-0.2, 0) is 4.74 Å². The Morgan fingerprint density at radius 1 is 1.77 bits per heavy atom. The van der Waals surface area contributed by atoms with E-state index in [0.29, 0.717) is 23.1 Å². The van der Waals surface area contributed by atoms with Crippen LogP contribution in [0.2, 0.25) is 5.02 Å². The third-order valence-corrected chi connectivity index (χ3v) is 2.66. The van der Waals surface area contributed by atoms with Crippen molar-refractivity contribution in [3.8, 4) is 0 Å². The van der Waals surface area contributed by atoms with E-state index in [9.17, 15) is 4.79 Å². The van der Waals surface area contributed by atoms with Crippen LogP contribution in [0.25, 0.3) is 0 Å². The molecule has 1 N–H and O–H groups in total. The number of carbonyl (C=O) groups excluding carboxylic acids is 1. The smallest absolute Gasteiger partial charge is 0.261 e. The number of amides is 1. The molecule has 3 nitrogen and oxygen atoms in total. The molecule has 0 saturated heterocycles. The van der Waals surface area contributed by atoms with Gasteiger partial charge < -0.3 is 10.1 Å². The van der Waals surface area contributed by atoms with E-state index in [0.717, 1.165) is 0 Å². The lowest BCUT2D eigenvalue weighted by atomic mass is 10.4. The molecular formula is C8H10ClNO2S. The Bertz CT molecular complexity index is 287. The van der Waals surface area contributed by atoms with Gasteiger partial charge >= 0.3 is 0 Å². The average molecular weight is 220 g/mol. The normalized spacial score (nSPS) is 10.0. The summed E-state index contributed by atoms with van der Waals surface area (Å²) in [5.41, 5.74) is 0. The van der Waals surface area contributed by atoms with Crippen molar-refractivity contribution in [1.29, 1.82) is 0 Å². The molecule has 1 aromatic rings. The fourth-order valence-electron chi connectivity index (χ4n) is 0.786. The van der Waals surface area contributed by atoms with Crippen molar-refractivity contribution in [1.82, 2.24) is 5.32 Å². The molecule has 0 radical (unpaired) electrons. The largest absolute Gasteiger partial charge is 0.383 e. The fourth-order valence-corrected chi connectivity index (χ4v) is 1.78. The van der Waals surface area contributed by atoms with E-state index < -0.39 is 0 Å². The second kappa shape index (κ2) is 5.21. The molecule has 1 amide bonds. The predicted molar refractivity (Wildman–Crippen MR) is 53.5 cm³/mol. The summed E-state index contributed by atoms with van der Waals surface area (Å²) in [6, 6.07) is 1.65. The van der Waals surface area contributed by atoms with Gasteiger partial charge in [-0.3, -0.25) is 4.79 Å². The third-order valence-electron chi connectivity index (χ3n) is 1.38. The Labute approximate surface area is 85.7 Å². The lowest BCUT2D eigenvalue weighted by Crippen LogP contribution is -2.26. The summed E-state index contributed by atoms with van der Waals surface area (Å²) in [6.07, 6.45) is 0. The van der Waals surface area contributed by atoms with Crippen LogP contribution in [0.3, 0.4) is 0 Å². The van der Waals surface area contributed by atoms with Crippen molar-refractivity contribution in [3.63, 3.8) is 0 Å². The first-order chi connectivity index (χ1) is 6.24. The number of nitrogens with one attached hydrogen (secondary N) is 1. The summed E-state index contributed by atoms with van der Waals surface area (Å²) in [4.78, 5) is 11.9. The highest BCUT2D eigenvalue weighted by Crippen LogP contribution is 2.18. The number of halogens is 1. The zero-order valence-electron chi connectivity index (χ0n) is 7.17. The minimum absolute atomic E-state index is 0.103. The Morgan fingerprint density at radius 3 is 3.08 bits per heavy atom.